The normalized spacial score (nSPS) is 15.1. The van der Waals surface area contributed by atoms with Crippen LogP contribution in [-0.4, -0.2) is 33.0 Å². The van der Waals surface area contributed by atoms with Crippen LogP contribution in [0.4, 0.5) is 5.00 Å². The molecule has 0 aliphatic heterocycles. The van der Waals surface area contributed by atoms with Crippen LogP contribution in [0.1, 0.15) is 62.4 Å². The number of fused-ring (bicyclic) bond motifs is 1. The summed E-state index contributed by atoms with van der Waals surface area (Å²) >= 11 is 15.0. The summed E-state index contributed by atoms with van der Waals surface area (Å²) in [6.45, 7) is 10.0. The van der Waals surface area contributed by atoms with Crippen molar-refractivity contribution in [3.05, 3.63) is 50.1 Å². The van der Waals surface area contributed by atoms with Crippen LogP contribution in [0.2, 0.25) is 10.0 Å². The highest BCUT2D eigenvalue weighted by atomic mass is 35.5. The number of aryl methyl sites for hydroxylation is 1. The van der Waals surface area contributed by atoms with Gasteiger partial charge in [-0.25, -0.2) is 0 Å². The lowest BCUT2D eigenvalue weighted by Crippen LogP contribution is -2.26. The first-order chi connectivity index (χ1) is 18.6. The SMILES string of the molecule is CCn1c(CCCOc2ccc(Cl)cc2Cl)nnc1SCC(=O)Nc1sc2c(c1C#N)CCC(C(C)(C)C)C2. The van der Waals surface area contributed by atoms with Gasteiger partial charge in [0.15, 0.2) is 5.16 Å². The lowest BCUT2D eigenvalue weighted by Gasteiger charge is -2.33. The van der Waals surface area contributed by atoms with Crippen molar-refractivity contribution in [1.29, 1.82) is 5.26 Å². The van der Waals surface area contributed by atoms with E-state index in [1.54, 1.807) is 29.5 Å². The third kappa shape index (κ3) is 7.29. The van der Waals surface area contributed by atoms with Gasteiger partial charge in [-0.05, 0) is 67.7 Å². The van der Waals surface area contributed by atoms with Crippen LogP contribution in [0.5, 0.6) is 5.75 Å². The molecule has 39 heavy (non-hydrogen) atoms. The number of aromatic nitrogens is 3. The van der Waals surface area contributed by atoms with E-state index < -0.39 is 0 Å². The molecule has 0 radical (unpaired) electrons. The van der Waals surface area contributed by atoms with Crippen molar-refractivity contribution in [2.45, 2.75) is 71.5 Å². The molecule has 1 N–H and O–H groups in total. The van der Waals surface area contributed by atoms with Crippen molar-refractivity contribution in [3.8, 4) is 11.8 Å². The number of carbonyl (C=O) groups is 1. The number of nitrogens with one attached hydrogen (secondary N) is 1. The van der Waals surface area contributed by atoms with E-state index in [0.29, 0.717) is 57.0 Å². The van der Waals surface area contributed by atoms with E-state index in [1.165, 1.54) is 16.6 Å². The van der Waals surface area contributed by atoms with Crippen molar-refractivity contribution in [1.82, 2.24) is 14.8 Å². The Bertz CT molecular complexity index is 1370. The zero-order valence-electron chi connectivity index (χ0n) is 22.6. The second-order valence-corrected chi connectivity index (χ2v) is 13.5. The van der Waals surface area contributed by atoms with E-state index in [2.05, 4.69) is 42.4 Å². The number of thioether (sulfide) groups is 1. The molecule has 3 aromatic rings. The Balaban J connectivity index is 1.31. The molecular weight excluding hydrogens is 573 g/mol. The van der Waals surface area contributed by atoms with Crippen molar-refractivity contribution in [3.63, 3.8) is 0 Å². The maximum absolute atomic E-state index is 12.9. The molecule has 0 bridgehead atoms. The number of thiophene rings is 1. The number of nitriles is 1. The number of ether oxygens (including phenoxy) is 1. The molecule has 2 aromatic heterocycles. The molecule has 0 saturated heterocycles. The molecule has 7 nitrogen and oxygen atoms in total. The number of benzene rings is 1. The fourth-order valence-corrected chi connectivity index (χ4v) is 7.34. The third-order valence-corrected chi connectivity index (χ3v) is 9.66. The van der Waals surface area contributed by atoms with E-state index in [1.807, 2.05) is 11.5 Å². The average Bonchev–Trinajstić information content (AvgIpc) is 3.44. The zero-order chi connectivity index (χ0) is 28.2. The summed E-state index contributed by atoms with van der Waals surface area (Å²) in [7, 11) is 0. The second kappa shape index (κ2) is 12.9. The van der Waals surface area contributed by atoms with Crippen molar-refractivity contribution in [2.75, 3.05) is 17.7 Å². The van der Waals surface area contributed by atoms with Gasteiger partial charge in [0.25, 0.3) is 0 Å². The summed E-state index contributed by atoms with van der Waals surface area (Å²) in [5, 5.41) is 23.9. The van der Waals surface area contributed by atoms with Gasteiger partial charge in [0.1, 0.15) is 22.6 Å². The van der Waals surface area contributed by atoms with Crippen LogP contribution in [-0.2, 0) is 30.6 Å². The monoisotopic (exact) mass is 605 g/mol. The van der Waals surface area contributed by atoms with Gasteiger partial charge >= 0.3 is 0 Å². The van der Waals surface area contributed by atoms with Crippen LogP contribution < -0.4 is 10.1 Å². The highest BCUT2D eigenvalue weighted by Crippen LogP contribution is 2.44. The van der Waals surface area contributed by atoms with Gasteiger partial charge in [-0.3, -0.25) is 4.79 Å². The maximum atomic E-state index is 12.9. The van der Waals surface area contributed by atoms with Gasteiger partial charge in [0.2, 0.25) is 5.91 Å². The molecule has 1 amide bonds. The molecule has 1 unspecified atom stereocenters. The van der Waals surface area contributed by atoms with Gasteiger partial charge in [-0.2, -0.15) is 5.26 Å². The third-order valence-electron chi connectivity index (χ3n) is 6.99. The molecule has 1 aliphatic carbocycles. The standard InChI is InChI=1S/C28H33Cl2N5O2S2/c1-5-35-24(7-6-12-37-22-11-9-18(29)14-21(22)30)33-34-27(35)38-16-25(36)32-26-20(15-31)19-10-8-17(28(2,3)4)13-23(19)39-26/h9,11,14,17H,5-8,10,12-13,16H2,1-4H3,(H,32,36). The molecule has 0 saturated carbocycles. The maximum Gasteiger partial charge on any atom is 0.235 e. The molecule has 11 heteroatoms. The number of nitrogens with zero attached hydrogens (tertiary/aromatic N) is 4. The van der Waals surface area contributed by atoms with Crippen LogP contribution in [0.15, 0.2) is 23.4 Å². The first-order valence-electron chi connectivity index (χ1n) is 13.1. The van der Waals surface area contributed by atoms with Gasteiger partial charge in [-0.15, -0.1) is 21.5 Å². The minimum atomic E-state index is -0.150. The molecule has 1 atom stereocenters. The summed E-state index contributed by atoms with van der Waals surface area (Å²) in [6, 6.07) is 7.49. The van der Waals surface area contributed by atoms with Gasteiger partial charge in [0, 0.05) is 22.9 Å². The number of hydrogen-bond acceptors (Lipinski definition) is 7. The first-order valence-corrected chi connectivity index (χ1v) is 15.6. The average molecular weight is 607 g/mol. The topological polar surface area (TPSA) is 92.8 Å². The largest absolute Gasteiger partial charge is 0.492 e. The van der Waals surface area contributed by atoms with Crippen LogP contribution in [0.25, 0.3) is 0 Å². The number of carbonyl (C=O) groups excluding carboxylic acids is 1. The van der Waals surface area contributed by atoms with Crippen LogP contribution in [0.3, 0.4) is 0 Å². The number of rotatable bonds is 10. The first kappa shape index (κ1) is 29.7. The summed E-state index contributed by atoms with van der Waals surface area (Å²) in [6.07, 6.45) is 4.34. The van der Waals surface area contributed by atoms with Crippen molar-refractivity contribution in [2.24, 2.45) is 11.3 Å². The van der Waals surface area contributed by atoms with Crippen molar-refractivity contribution >= 4 is 57.2 Å². The molecular formula is C28H33Cl2N5O2S2. The lowest BCUT2D eigenvalue weighted by atomic mass is 9.72. The van der Waals surface area contributed by atoms with Gasteiger partial charge in [0.05, 0.1) is 22.9 Å². The Labute approximate surface area is 248 Å². The molecule has 1 aromatic carbocycles. The van der Waals surface area contributed by atoms with Gasteiger partial charge < -0.3 is 14.6 Å². The lowest BCUT2D eigenvalue weighted by molar-refractivity contribution is -0.113. The molecule has 2 heterocycles. The molecule has 0 fully saturated rings. The van der Waals surface area contributed by atoms with Gasteiger partial charge in [-0.1, -0.05) is 55.7 Å². The number of anilines is 1. The summed E-state index contributed by atoms with van der Waals surface area (Å²) in [5.74, 6) is 2.06. The number of hydrogen-bond donors (Lipinski definition) is 1. The van der Waals surface area contributed by atoms with Crippen molar-refractivity contribution < 1.29 is 9.53 Å². The Hall–Kier alpha value is -2.25. The molecule has 0 spiro atoms. The molecule has 208 valence electrons. The van der Waals surface area contributed by atoms with E-state index >= 15 is 0 Å². The Kier molecular flexibility index (Phi) is 9.87. The fraction of sp³-hybridized carbons (Fsp3) is 0.500. The highest BCUT2D eigenvalue weighted by Gasteiger charge is 2.32. The summed E-state index contributed by atoms with van der Waals surface area (Å²) < 4.78 is 7.79. The second-order valence-electron chi connectivity index (χ2n) is 10.6. The zero-order valence-corrected chi connectivity index (χ0v) is 25.8. The number of amides is 1. The minimum absolute atomic E-state index is 0.150. The minimum Gasteiger partial charge on any atom is -0.492 e. The fourth-order valence-electron chi connectivity index (χ4n) is 4.76. The predicted molar refractivity (Wildman–Crippen MR) is 159 cm³/mol. The number of halogens is 2. The quantitative estimate of drug-likeness (QED) is 0.191. The Morgan fingerprint density at radius 1 is 1.33 bits per heavy atom. The van der Waals surface area contributed by atoms with E-state index in [-0.39, 0.29) is 17.1 Å². The Morgan fingerprint density at radius 3 is 2.82 bits per heavy atom. The Morgan fingerprint density at radius 2 is 2.13 bits per heavy atom. The molecule has 4 rings (SSSR count). The van der Waals surface area contributed by atoms with E-state index in [0.717, 1.165) is 37.1 Å². The summed E-state index contributed by atoms with van der Waals surface area (Å²) in [4.78, 5) is 14.1. The van der Waals surface area contributed by atoms with E-state index in [4.69, 9.17) is 27.9 Å². The predicted octanol–water partition coefficient (Wildman–Crippen LogP) is 7.43. The highest BCUT2D eigenvalue weighted by molar-refractivity contribution is 7.99. The van der Waals surface area contributed by atoms with E-state index in [9.17, 15) is 10.1 Å². The van der Waals surface area contributed by atoms with Crippen LogP contribution in [0, 0.1) is 22.7 Å². The summed E-state index contributed by atoms with van der Waals surface area (Å²) in [5.41, 5.74) is 1.96. The van der Waals surface area contributed by atoms with Crippen LogP contribution >= 0.6 is 46.3 Å². The smallest absolute Gasteiger partial charge is 0.235 e. The molecule has 1 aliphatic rings.